The van der Waals surface area contributed by atoms with Crippen molar-refractivity contribution in [2.45, 2.75) is 12.8 Å². The molecule has 1 atom stereocenters. The molecule has 0 fully saturated rings. The van der Waals surface area contributed by atoms with Gasteiger partial charge in [0.15, 0.2) is 5.65 Å². The molecule has 2 rings (SSSR count). The first-order valence-electron chi connectivity index (χ1n) is 4.41. The maximum Gasteiger partial charge on any atom is 0.155 e. The highest BCUT2D eigenvalue weighted by Crippen LogP contribution is 2.15. The molecule has 5 heteroatoms. The summed E-state index contributed by atoms with van der Waals surface area (Å²) in [5.41, 5.74) is 7.41. The average molecular weight is 255 g/mol. The fraction of sp³-hybridized carbons (Fsp3) is 0.333. The highest BCUT2D eigenvalue weighted by Gasteiger charge is 2.08. The van der Waals surface area contributed by atoms with E-state index in [1.165, 1.54) is 0 Å². The van der Waals surface area contributed by atoms with Crippen LogP contribution in [0, 0.1) is 0 Å². The lowest BCUT2D eigenvalue weighted by Gasteiger charge is -2.01. The SMILES string of the molecule is CC(CN)c1cc2ncc(Br)cn2n1. The summed E-state index contributed by atoms with van der Waals surface area (Å²) in [6.45, 7) is 2.65. The summed E-state index contributed by atoms with van der Waals surface area (Å²) < 4.78 is 2.67. The van der Waals surface area contributed by atoms with Crippen molar-refractivity contribution in [3.05, 3.63) is 28.6 Å². The topological polar surface area (TPSA) is 56.2 Å². The normalized spacial score (nSPS) is 13.4. The second-order valence-electron chi connectivity index (χ2n) is 3.28. The third-order valence-electron chi connectivity index (χ3n) is 2.16. The summed E-state index contributed by atoms with van der Waals surface area (Å²) in [5, 5.41) is 4.39. The number of rotatable bonds is 2. The number of hydrogen-bond acceptors (Lipinski definition) is 3. The minimum absolute atomic E-state index is 0.274. The number of halogens is 1. The molecule has 2 heterocycles. The highest BCUT2D eigenvalue weighted by atomic mass is 79.9. The molecule has 2 aromatic rings. The van der Waals surface area contributed by atoms with Crippen molar-refractivity contribution in [3.8, 4) is 0 Å². The van der Waals surface area contributed by atoms with Gasteiger partial charge < -0.3 is 5.73 Å². The van der Waals surface area contributed by atoms with Crippen LogP contribution in [0.4, 0.5) is 0 Å². The zero-order valence-electron chi connectivity index (χ0n) is 7.81. The van der Waals surface area contributed by atoms with Crippen LogP contribution in [0.15, 0.2) is 22.9 Å². The van der Waals surface area contributed by atoms with Crippen LogP contribution < -0.4 is 5.73 Å². The Morgan fingerprint density at radius 2 is 2.43 bits per heavy atom. The quantitative estimate of drug-likeness (QED) is 0.885. The van der Waals surface area contributed by atoms with Crippen LogP contribution in [0.3, 0.4) is 0 Å². The molecule has 0 aliphatic carbocycles. The predicted molar refractivity (Wildman–Crippen MR) is 58.2 cm³/mol. The van der Waals surface area contributed by atoms with E-state index in [4.69, 9.17) is 5.73 Å². The van der Waals surface area contributed by atoms with Crippen LogP contribution in [0.5, 0.6) is 0 Å². The van der Waals surface area contributed by atoms with Crippen LogP contribution in [0.25, 0.3) is 5.65 Å². The number of aromatic nitrogens is 3. The zero-order valence-corrected chi connectivity index (χ0v) is 9.40. The monoisotopic (exact) mass is 254 g/mol. The van der Waals surface area contributed by atoms with E-state index in [1.807, 2.05) is 12.3 Å². The molecule has 0 radical (unpaired) electrons. The Bertz CT molecular complexity index is 451. The standard InChI is InChI=1S/C9H11BrN4/c1-6(3-11)8-2-9-12-4-7(10)5-14(9)13-8/h2,4-6H,3,11H2,1H3. The summed E-state index contributed by atoms with van der Waals surface area (Å²) in [7, 11) is 0. The average Bonchev–Trinajstić information content (AvgIpc) is 2.59. The molecule has 2 aromatic heterocycles. The molecule has 0 aliphatic heterocycles. The van der Waals surface area contributed by atoms with Gasteiger partial charge in [-0.25, -0.2) is 9.50 Å². The van der Waals surface area contributed by atoms with Gasteiger partial charge in [0.25, 0.3) is 0 Å². The Hall–Kier alpha value is -0.940. The van der Waals surface area contributed by atoms with E-state index in [-0.39, 0.29) is 5.92 Å². The van der Waals surface area contributed by atoms with Gasteiger partial charge >= 0.3 is 0 Å². The van der Waals surface area contributed by atoms with E-state index in [9.17, 15) is 0 Å². The second-order valence-corrected chi connectivity index (χ2v) is 4.20. The Morgan fingerprint density at radius 3 is 3.14 bits per heavy atom. The molecule has 0 aliphatic rings. The molecule has 1 unspecified atom stereocenters. The Balaban J connectivity index is 2.51. The van der Waals surface area contributed by atoms with Gasteiger partial charge in [-0.15, -0.1) is 0 Å². The van der Waals surface area contributed by atoms with E-state index in [0.717, 1.165) is 15.8 Å². The smallest absolute Gasteiger partial charge is 0.155 e. The molecule has 2 N–H and O–H groups in total. The van der Waals surface area contributed by atoms with E-state index >= 15 is 0 Å². The minimum atomic E-state index is 0.274. The molecular weight excluding hydrogens is 244 g/mol. The van der Waals surface area contributed by atoms with E-state index in [0.29, 0.717) is 6.54 Å². The Labute approximate surface area is 90.3 Å². The molecule has 0 aromatic carbocycles. The fourth-order valence-corrected chi connectivity index (χ4v) is 1.53. The summed E-state index contributed by atoms with van der Waals surface area (Å²) in [6.07, 6.45) is 3.64. The lowest BCUT2D eigenvalue weighted by Crippen LogP contribution is -2.09. The molecule has 0 saturated carbocycles. The van der Waals surface area contributed by atoms with Crippen molar-refractivity contribution in [2.75, 3.05) is 6.54 Å². The van der Waals surface area contributed by atoms with Crippen LogP contribution >= 0.6 is 15.9 Å². The lowest BCUT2D eigenvalue weighted by molar-refractivity contribution is 0.727. The first-order valence-corrected chi connectivity index (χ1v) is 5.21. The Kier molecular flexibility index (Phi) is 2.52. The molecule has 0 bridgehead atoms. The highest BCUT2D eigenvalue weighted by molar-refractivity contribution is 9.10. The van der Waals surface area contributed by atoms with Gasteiger partial charge in [0, 0.05) is 30.9 Å². The summed E-state index contributed by atoms with van der Waals surface area (Å²) >= 11 is 3.35. The van der Waals surface area contributed by atoms with Gasteiger partial charge in [-0.05, 0) is 15.9 Å². The number of nitrogens with two attached hydrogens (primary N) is 1. The summed E-state index contributed by atoms with van der Waals surface area (Å²) in [6, 6.07) is 1.96. The number of nitrogens with zero attached hydrogens (tertiary/aromatic N) is 3. The lowest BCUT2D eigenvalue weighted by atomic mass is 10.1. The first kappa shape index (κ1) is 9.61. The van der Waals surface area contributed by atoms with E-state index in [1.54, 1.807) is 10.7 Å². The maximum atomic E-state index is 5.58. The van der Waals surface area contributed by atoms with Crippen molar-refractivity contribution in [1.29, 1.82) is 0 Å². The predicted octanol–water partition coefficient (Wildman–Crippen LogP) is 1.55. The largest absolute Gasteiger partial charge is 0.330 e. The van der Waals surface area contributed by atoms with Gasteiger partial charge in [-0.3, -0.25) is 0 Å². The van der Waals surface area contributed by atoms with Gasteiger partial charge in [0.2, 0.25) is 0 Å². The van der Waals surface area contributed by atoms with Gasteiger partial charge in [-0.2, -0.15) is 5.10 Å². The molecule has 0 spiro atoms. The molecule has 74 valence electrons. The van der Waals surface area contributed by atoms with E-state index < -0.39 is 0 Å². The van der Waals surface area contributed by atoms with Crippen molar-refractivity contribution in [1.82, 2.24) is 14.6 Å². The summed E-state index contributed by atoms with van der Waals surface area (Å²) in [5.74, 6) is 0.274. The minimum Gasteiger partial charge on any atom is -0.330 e. The van der Waals surface area contributed by atoms with Crippen LogP contribution in [-0.4, -0.2) is 21.1 Å². The molecule has 14 heavy (non-hydrogen) atoms. The maximum absolute atomic E-state index is 5.58. The second kappa shape index (κ2) is 3.67. The van der Waals surface area contributed by atoms with Gasteiger partial charge in [0.1, 0.15) is 0 Å². The van der Waals surface area contributed by atoms with Crippen molar-refractivity contribution >= 4 is 21.6 Å². The summed E-state index contributed by atoms with van der Waals surface area (Å²) in [4.78, 5) is 4.23. The van der Waals surface area contributed by atoms with Crippen molar-refractivity contribution in [2.24, 2.45) is 5.73 Å². The molecular formula is C9H11BrN4. The van der Waals surface area contributed by atoms with Crippen LogP contribution in [0.2, 0.25) is 0 Å². The van der Waals surface area contributed by atoms with Crippen molar-refractivity contribution < 1.29 is 0 Å². The fourth-order valence-electron chi connectivity index (χ4n) is 1.23. The molecule has 4 nitrogen and oxygen atoms in total. The Morgan fingerprint density at radius 1 is 1.64 bits per heavy atom. The molecule has 0 amide bonds. The van der Waals surface area contributed by atoms with Crippen LogP contribution in [0.1, 0.15) is 18.5 Å². The van der Waals surface area contributed by atoms with Crippen LogP contribution in [-0.2, 0) is 0 Å². The molecule has 0 saturated heterocycles. The van der Waals surface area contributed by atoms with Gasteiger partial charge in [-0.1, -0.05) is 6.92 Å². The third-order valence-corrected chi connectivity index (χ3v) is 2.57. The first-order chi connectivity index (χ1) is 6.70. The number of fused-ring (bicyclic) bond motifs is 1. The van der Waals surface area contributed by atoms with Gasteiger partial charge in [0.05, 0.1) is 10.2 Å². The zero-order chi connectivity index (χ0) is 10.1. The third kappa shape index (κ3) is 1.65. The van der Waals surface area contributed by atoms with E-state index in [2.05, 4.69) is 32.9 Å². The number of hydrogen-bond donors (Lipinski definition) is 1. The van der Waals surface area contributed by atoms with Crippen molar-refractivity contribution in [3.63, 3.8) is 0 Å².